The van der Waals surface area contributed by atoms with Crippen LogP contribution in [0.2, 0.25) is 0 Å². The predicted octanol–water partition coefficient (Wildman–Crippen LogP) is 3.33. The van der Waals surface area contributed by atoms with Crippen LogP contribution in [0.4, 0.5) is 0 Å². The van der Waals surface area contributed by atoms with Crippen molar-refractivity contribution in [1.82, 2.24) is 41.2 Å². The summed E-state index contributed by atoms with van der Waals surface area (Å²) in [5.41, 5.74) is 2.35. The van der Waals surface area contributed by atoms with E-state index in [0.717, 1.165) is 24.0 Å². The largest absolute Gasteiger partial charge is 0.491 e. The number of carbonyl (C=O) groups is 4. The van der Waals surface area contributed by atoms with E-state index in [1.165, 1.54) is 0 Å². The molecule has 0 saturated heterocycles. The fourth-order valence-corrected chi connectivity index (χ4v) is 6.59. The highest BCUT2D eigenvalue weighted by atomic mass is 16.5. The Morgan fingerprint density at radius 3 is 2.43 bits per heavy atom. The van der Waals surface area contributed by atoms with Crippen molar-refractivity contribution in [3.05, 3.63) is 94.9 Å². The maximum Gasteiger partial charge on any atom is 0.243 e. The van der Waals surface area contributed by atoms with Gasteiger partial charge in [0.1, 0.15) is 36.7 Å². The average Bonchev–Trinajstić information content (AvgIpc) is 3.72. The van der Waals surface area contributed by atoms with Crippen LogP contribution in [0.5, 0.6) is 5.75 Å². The molecule has 2 aliphatic heterocycles. The van der Waals surface area contributed by atoms with Crippen molar-refractivity contribution in [3.63, 3.8) is 0 Å². The van der Waals surface area contributed by atoms with Crippen LogP contribution in [0.3, 0.4) is 0 Å². The zero-order chi connectivity index (χ0) is 38.2. The van der Waals surface area contributed by atoms with Crippen LogP contribution >= 0.6 is 0 Å². The molecule has 4 heterocycles. The molecule has 7 rings (SSSR count). The Morgan fingerprint density at radius 1 is 0.981 bits per heavy atom. The lowest BCUT2D eigenvalue weighted by Crippen LogP contribution is -2.54. The molecule has 54 heavy (non-hydrogen) atoms. The summed E-state index contributed by atoms with van der Waals surface area (Å²) in [6, 6.07) is 15.6. The second-order valence-electron chi connectivity index (χ2n) is 15.0. The van der Waals surface area contributed by atoms with E-state index in [9.17, 15) is 19.2 Å². The van der Waals surface area contributed by atoms with Gasteiger partial charge in [-0.25, -0.2) is 9.67 Å². The third-order valence-electron chi connectivity index (χ3n) is 9.47. The van der Waals surface area contributed by atoms with Gasteiger partial charge in [0, 0.05) is 18.9 Å². The summed E-state index contributed by atoms with van der Waals surface area (Å²) in [5.74, 6) is 1.17. The summed E-state index contributed by atoms with van der Waals surface area (Å²) in [6.07, 6.45) is 4.00. The number of ether oxygens (including phenoxy) is 1. The minimum Gasteiger partial charge on any atom is -0.491 e. The van der Waals surface area contributed by atoms with E-state index >= 15 is 0 Å². The number of fused-ring (bicyclic) bond motifs is 14. The van der Waals surface area contributed by atoms with E-state index in [0.29, 0.717) is 54.0 Å². The second-order valence-corrected chi connectivity index (χ2v) is 15.0. The van der Waals surface area contributed by atoms with Crippen LogP contribution in [-0.4, -0.2) is 68.3 Å². The minimum atomic E-state index is -1.01. The summed E-state index contributed by atoms with van der Waals surface area (Å²) < 4.78 is 13.0. The number of aromatic nitrogens is 4. The first-order valence-corrected chi connectivity index (χ1v) is 18.8. The van der Waals surface area contributed by atoms with Crippen LogP contribution in [0.1, 0.15) is 80.3 Å². The normalized spacial score (nSPS) is 21.4. The third kappa shape index (κ3) is 11.0. The van der Waals surface area contributed by atoms with E-state index in [2.05, 4.69) is 40.3 Å². The SMILES string of the molecule is Cc1cc(CC(=O)N[C@H]2Cc3ccc(cc3)OC[C@H](CC(C)C)NC(=O)Cn3nc(CC4CC4)nc3[C@@H](Cc3ccccc3)NC(=O)[C@@H](C)NC2=O)on1. The van der Waals surface area contributed by atoms with E-state index < -0.39 is 35.8 Å². The molecule has 286 valence electrons. The Labute approximate surface area is 315 Å². The second kappa shape index (κ2) is 17.5. The van der Waals surface area contributed by atoms with E-state index in [-0.39, 0.29) is 43.9 Å². The average molecular weight is 739 g/mol. The monoisotopic (exact) mass is 738 g/mol. The molecule has 4 N–H and O–H groups in total. The van der Waals surface area contributed by atoms with Crippen molar-refractivity contribution in [3.8, 4) is 5.75 Å². The van der Waals surface area contributed by atoms with Gasteiger partial charge in [-0.2, -0.15) is 5.10 Å². The van der Waals surface area contributed by atoms with Gasteiger partial charge in [0.2, 0.25) is 23.6 Å². The molecule has 14 nitrogen and oxygen atoms in total. The van der Waals surface area contributed by atoms with Gasteiger partial charge in [0.25, 0.3) is 0 Å². The highest BCUT2D eigenvalue weighted by molar-refractivity contribution is 5.92. The van der Waals surface area contributed by atoms with Crippen molar-refractivity contribution in [2.45, 2.75) is 103 Å². The number of amides is 4. The van der Waals surface area contributed by atoms with E-state index in [1.54, 1.807) is 36.7 Å². The Kier molecular flexibility index (Phi) is 12.4. The van der Waals surface area contributed by atoms with Gasteiger partial charge < -0.3 is 30.5 Å². The van der Waals surface area contributed by atoms with Crippen LogP contribution in [0.25, 0.3) is 0 Å². The van der Waals surface area contributed by atoms with Gasteiger partial charge in [-0.05, 0) is 74.6 Å². The van der Waals surface area contributed by atoms with Gasteiger partial charge in [0.05, 0.1) is 24.2 Å². The fourth-order valence-electron chi connectivity index (χ4n) is 6.59. The lowest BCUT2D eigenvalue weighted by molar-refractivity contribution is -0.132. The molecule has 3 aliphatic rings. The van der Waals surface area contributed by atoms with Crippen LogP contribution < -0.4 is 26.0 Å². The lowest BCUT2D eigenvalue weighted by atomic mass is 10.0. The highest BCUT2D eigenvalue weighted by Crippen LogP contribution is 2.32. The molecule has 0 unspecified atom stereocenters. The molecule has 4 aromatic rings. The molecule has 2 bridgehead atoms. The maximum atomic E-state index is 13.9. The van der Waals surface area contributed by atoms with Crippen molar-refractivity contribution >= 4 is 23.6 Å². The standard InChI is InChI=1S/C40H50N8O6/c1-24(2)16-30-23-53-31-14-12-28(13-15-31)19-34(43-36(49)21-32-17-25(3)47-54-32)40(52)41-26(4)39(51)44-33(18-27-8-6-5-7-9-27)38-45-35(20-29-10-11-29)46-48(38)22-37(50)42-30/h5-9,12-15,17,24,26,29-30,33-34H,10-11,16,18-23H2,1-4H3,(H,41,52)(H,42,50)(H,43,49)(H,44,51)/t26-,30+,33-,34+/m1/s1. The summed E-state index contributed by atoms with van der Waals surface area (Å²) in [5, 5.41) is 20.5. The molecule has 1 aliphatic carbocycles. The number of hydrogen-bond acceptors (Lipinski definition) is 9. The molecule has 1 fully saturated rings. The van der Waals surface area contributed by atoms with E-state index in [1.807, 2.05) is 42.5 Å². The Hall–Kier alpha value is -5.53. The molecule has 4 amide bonds. The number of hydrogen-bond donors (Lipinski definition) is 4. The number of aryl methyl sites for hydroxylation is 1. The zero-order valence-corrected chi connectivity index (χ0v) is 31.3. The lowest BCUT2D eigenvalue weighted by Gasteiger charge is -2.25. The van der Waals surface area contributed by atoms with Gasteiger partial charge in [-0.3, -0.25) is 19.2 Å². The van der Waals surface area contributed by atoms with Crippen molar-refractivity contribution < 1.29 is 28.4 Å². The molecular weight excluding hydrogens is 688 g/mol. The first kappa shape index (κ1) is 38.2. The van der Waals surface area contributed by atoms with Crippen molar-refractivity contribution in [2.24, 2.45) is 11.8 Å². The van der Waals surface area contributed by atoms with Crippen LogP contribution in [0.15, 0.2) is 65.2 Å². The highest BCUT2D eigenvalue weighted by Gasteiger charge is 2.31. The molecule has 14 heteroatoms. The van der Waals surface area contributed by atoms with Gasteiger partial charge in [-0.15, -0.1) is 0 Å². The quantitative estimate of drug-likeness (QED) is 0.200. The number of nitrogens with zero attached hydrogens (tertiary/aromatic N) is 4. The third-order valence-corrected chi connectivity index (χ3v) is 9.47. The van der Waals surface area contributed by atoms with Gasteiger partial charge >= 0.3 is 0 Å². The number of nitrogens with one attached hydrogen (secondary N) is 4. The van der Waals surface area contributed by atoms with Crippen LogP contribution in [0, 0.1) is 18.8 Å². The molecule has 0 radical (unpaired) electrons. The summed E-state index contributed by atoms with van der Waals surface area (Å²) in [6.45, 7) is 7.67. The maximum absolute atomic E-state index is 13.9. The first-order valence-electron chi connectivity index (χ1n) is 18.8. The van der Waals surface area contributed by atoms with Gasteiger partial charge in [0.15, 0.2) is 11.6 Å². The molecule has 4 atom stereocenters. The summed E-state index contributed by atoms with van der Waals surface area (Å²) >= 11 is 0. The van der Waals surface area contributed by atoms with E-state index in [4.69, 9.17) is 19.3 Å². The van der Waals surface area contributed by atoms with Crippen LogP contribution in [-0.2, 0) is 51.4 Å². The minimum absolute atomic E-state index is 0.0985. The van der Waals surface area contributed by atoms with Crippen molar-refractivity contribution in [1.29, 1.82) is 0 Å². The predicted molar refractivity (Wildman–Crippen MR) is 199 cm³/mol. The number of benzene rings is 2. The number of rotatable bonds is 9. The molecule has 0 spiro atoms. The summed E-state index contributed by atoms with van der Waals surface area (Å²) in [4.78, 5) is 59.5. The molecule has 2 aromatic carbocycles. The number of carbonyl (C=O) groups excluding carboxylic acids is 4. The molecule has 2 aromatic heterocycles. The smallest absolute Gasteiger partial charge is 0.243 e. The van der Waals surface area contributed by atoms with Crippen molar-refractivity contribution in [2.75, 3.05) is 6.61 Å². The molecular formula is C40H50N8O6. The molecule has 1 saturated carbocycles. The first-order chi connectivity index (χ1) is 26.0. The van der Waals surface area contributed by atoms with Gasteiger partial charge in [-0.1, -0.05) is 61.5 Å². The fraction of sp³-hybridized carbons (Fsp3) is 0.475. The summed E-state index contributed by atoms with van der Waals surface area (Å²) in [7, 11) is 0. The Morgan fingerprint density at radius 2 is 1.74 bits per heavy atom. The Bertz CT molecular complexity index is 1900. The zero-order valence-electron chi connectivity index (χ0n) is 31.3. The topological polar surface area (TPSA) is 182 Å². The Balaban J connectivity index is 1.31.